The molecule has 3 aromatic carbocycles. The van der Waals surface area contributed by atoms with Crippen molar-refractivity contribution in [3.63, 3.8) is 0 Å². The maximum atomic E-state index is 11.5. The van der Waals surface area contributed by atoms with Gasteiger partial charge in [0.1, 0.15) is 16.5 Å². The predicted octanol–water partition coefficient (Wildman–Crippen LogP) is 4.89. The minimum atomic E-state index is -0.320. The first-order chi connectivity index (χ1) is 11.8. The van der Waals surface area contributed by atoms with E-state index >= 15 is 0 Å². The molecule has 1 aromatic heterocycles. The highest BCUT2D eigenvalue weighted by atomic mass is 32.2. The van der Waals surface area contributed by atoms with Crippen LogP contribution in [0.3, 0.4) is 0 Å². The molecule has 0 aliphatic rings. The third kappa shape index (κ3) is 2.74. The maximum absolute atomic E-state index is 11.5. The van der Waals surface area contributed by atoms with Crippen molar-refractivity contribution in [2.45, 2.75) is 14.7 Å². The highest BCUT2D eigenvalue weighted by molar-refractivity contribution is 7.97. The normalized spacial score (nSPS) is 11.0. The lowest BCUT2D eigenvalue weighted by atomic mass is 10.2. The number of rotatable bonds is 3. The van der Waals surface area contributed by atoms with Crippen LogP contribution in [0.15, 0.2) is 115 Å². The summed E-state index contributed by atoms with van der Waals surface area (Å²) in [5.74, 6) is 0. The topological polar surface area (TPSA) is 30.2 Å². The third-order valence-corrected chi connectivity index (χ3v) is 6.08. The van der Waals surface area contributed by atoms with E-state index in [-0.39, 0.29) is 16.5 Å². The van der Waals surface area contributed by atoms with Crippen LogP contribution >= 0.6 is 0 Å². The lowest BCUT2D eigenvalue weighted by Gasteiger charge is -2.09. The van der Waals surface area contributed by atoms with Crippen LogP contribution in [0.5, 0.6) is 0 Å². The molecule has 0 atom stereocenters. The molecule has 0 aliphatic carbocycles. The maximum Gasteiger partial charge on any atom is 0.336 e. The van der Waals surface area contributed by atoms with Gasteiger partial charge in [0.05, 0.1) is 5.39 Å². The van der Waals surface area contributed by atoms with Gasteiger partial charge >= 0.3 is 5.63 Å². The number of hydrogen-bond acceptors (Lipinski definition) is 2. The molecular formula is C21H15O2S+. The number of benzene rings is 3. The molecule has 116 valence electrons. The Labute approximate surface area is 142 Å². The summed E-state index contributed by atoms with van der Waals surface area (Å²) in [4.78, 5) is 15.2. The molecule has 0 saturated heterocycles. The molecule has 0 radical (unpaired) electrons. The summed E-state index contributed by atoms with van der Waals surface area (Å²) in [7, 11) is -0.258. The van der Waals surface area contributed by atoms with E-state index in [2.05, 4.69) is 54.6 Å². The van der Waals surface area contributed by atoms with Gasteiger partial charge in [-0.25, -0.2) is 4.79 Å². The van der Waals surface area contributed by atoms with Crippen molar-refractivity contribution in [3.8, 4) is 0 Å². The second kappa shape index (κ2) is 6.38. The summed E-state index contributed by atoms with van der Waals surface area (Å²) in [5, 5.41) is 0.980. The highest BCUT2D eigenvalue weighted by Gasteiger charge is 2.30. The fraction of sp³-hybridized carbons (Fsp3) is 0. The van der Waals surface area contributed by atoms with Crippen molar-refractivity contribution in [1.82, 2.24) is 0 Å². The Morgan fingerprint density at radius 1 is 0.625 bits per heavy atom. The van der Waals surface area contributed by atoms with Crippen molar-refractivity contribution in [3.05, 3.63) is 101 Å². The van der Waals surface area contributed by atoms with Crippen molar-refractivity contribution in [2.75, 3.05) is 0 Å². The Morgan fingerprint density at radius 2 is 1.25 bits per heavy atom. The van der Waals surface area contributed by atoms with Crippen molar-refractivity contribution in [1.29, 1.82) is 0 Å². The minimum absolute atomic E-state index is 0.258. The van der Waals surface area contributed by atoms with Crippen LogP contribution in [0.25, 0.3) is 11.0 Å². The lowest BCUT2D eigenvalue weighted by Crippen LogP contribution is -2.06. The molecule has 0 spiro atoms. The molecule has 0 amide bonds. The van der Waals surface area contributed by atoms with E-state index in [0.29, 0.717) is 5.58 Å². The summed E-state index contributed by atoms with van der Waals surface area (Å²) >= 11 is 0. The first kappa shape index (κ1) is 14.8. The molecule has 0 N–H and O–H groups in total. The second-order valence-electron chi connectivity index (χ2n) is 5.35. The van der Waals surface area contributed by atoms with E-state index in [4.69, 9.17) is 4.42 Å². The molecule has 2 nitrogen and oxygen atoms in total. The standard InChI is InChI=1S/C21H15O2S/c22-21-15-14-18-19(23-21)12-7-13-20(18)24(16-8-3-1-4-9-16)17-10-5-2-6-11-17/h1-15H/q+1. The molecule has 0 fully saturated rings. The van der Waals surface area contributed by atoms with Crippen molar-refractivity contribution >= 4 is 21.9 Å². The first-order valence-corrected chi connectivity index (χ1v) is 8.93. The van der Waals surface area contributed by atoms with Crippen LogP contribution in [-0.4, -0.2) is 0 Å². The Morgan fingerprint density at radius 3 is 1.88 bits per heavy atom. The van der Waals surface area contributed by atoms with E-state index in [9.17, 15) is 4.79 Å². The fourth-order valence-electron chi connectivity index (χ4n) is 2.75. The molecule has 0 unspecified atom stereocenters. The predicted molar refractivity (Wildman–Crippen MR) is 97.5 cm³/mol. The van der Waals surface area contributed by atoms with Gasteiger partial charge in [0.25, 0.3) is 0 Å². The van der Waals surface area contributed by atoms with Crippen molar-refractivity contribution in [2.24, 2.45) is 0 Å². The number of fused-ring (bicyclic) bond motifs is 1. The highest BCUT2D eigenvalue weighted by Crippen LogP contribution is 2.34. The first-order valence-electron chi connectivity index (χ1n) is 7.70. The van der Waals surface area contributed by atoms with E-state index in [1.54, 1.807) is 0 Å². The Kier molecular flexibility index (Phi) is 3.93. The largest absolute Gasteiger partial charge is 0.423 e. The molecule has 0 bridgehead atoms. The Hall–Kier alpha value is -2.78. The van der Waals surface area contributed by atoms with Gasteiger partial charge in [0.15, 0.2) is 14.7 Å². The fourth-order valence-corrected chi connectivity index (χ4v) is 4.99. The van der Waals surface area contributed by atoms with Gasteiger partial charge in [-0.1, -0.05) is 42.5 Å². The summed E-state index contributed by atoms with van der Waals surface area (Å²) < 4.78 is 5.37. The van der Waals surface area contributed by atoms with Gasteiger partial charge in [-0.15, -0.1) is 0 Å². The van der Waals surface area contributed by atoms with E-state index in [1.165, 1.54) is 15.9 Å². The Balaban J connectivity index is 2.00. The van der Waals surface area contributed by atoms with Crippen LogP contribution in [0.1, 0.15) is 0 Å². The van der Waals surface area contributed by atoms with Gasteiger partial charge in [0, 0.05) is 6.07 Å². The average molecular weight is 331 g/mol. The van der Waals surface area contributed by atoms with Gasteiger partial charge in [-0.05, 0) is 42.5 Å². The van der Waals surface area contributed by atoms with E-state index in [1.807, 2.05) is 30.3 Å². The smallest absolute Gasteiger partial charge is 0.336 e. The molecule has 1 heterocycles. The second-order valence-corrected chi connectivity index (χ2v) is 7.35. The zero-order valence-corrected chi connectivity index (χ0v) is 13.7. The molecule has 24 heavy (non-hydrogen) atoms. The quantitative estimate of drug-likeness (QED) is 0.395. The van der Waals surface area contributed by atoms with Gasteiger partial charge in [-0.2, -0.15) is 0 Å². The van der Waals surface area contributed by atoms with Crippen LogP contribution in [-0.2, 0) is 10.9 Å². The summed E-state index contributed by atoms with van der Waals surface area (Å²) in [6.07, 6.45) is 0. The van der Waals surface area contributed by atoms with E-state index < -0.39 is 0 Å². The molecule has 0 saturated carbocycles. The van der Waals surface area contributed by atoms with Gasteiger partial charge < -0.3 is 4.42 Å². The van der Waals surface area contributed by atoms with Crippen LogP contribution in [0.4, 0.5) is 0 Å². The zero-order valence-electron chi connectivity index (χ0n) is 12.9. The molecule has 4 aromatic rings. The third-order valence-electron chi connectivity index (χ3n) is 3.80. The van der Waals surface area contributed by atoms with Gasteiger partial charge in [0.2, 0.25) is 0 Å². The summed E-state index contributed by atoms with van der Waals surface area (Å²) in [5.41, 5.74) is 0.309. The van der Waals surface area contributed by atoms with Crippen LogP contribution in [0, 0.1) is 0 Å². The Bertz CT molecular complexity index is 984. The minimum Gasteiger partial charge on any atom is -0.423 e. The zero-order chi connectivity index (χ0) is 16.4. The molecule has 3 heteroatoms. The van der Waals surface area contributed by atoms with E-state index in [0.717, 1.165) is 10.3 Å². The molecule has 4 rings (SSSR count). The summed E-state index contributed by atoms with van der Waals surface area (Å²) in [6.45, 7) is 0. The van der Waals surface area contributed by atoms with Crippen LogP contribution < -0.4 is 5.63 Å². The van der Waals surface area contributed by atoms with Gasteiger partial charge in [-0.3, -0.25) is 0 Å². The molecule has 0 aliphatic heterocycles. The summed E-state index contributed by atoms with van der Waals surface area (Å²) in [6, 6.07) is 30.1. The average Bonchev–Trinajstić information content (AvgIpc) is 2.64. The molecular weight excluding hydrogens is 316 g/mol. The van der Waals surface area contributed by atoms with Crippen LogP contribution in [0.2, 0.25) is 0 Å². The number of hydrogen-bond donors (Lipinski definition) is 0. The SMILES string of the molecule is O=c1ccc2c([S+](c3ccccc3)c3ccccc3)cccc2o1. The monoisotopic (exact) mass is 331 g/mol. The van der Waals surface area contributed by atoms with Crippen molar-refractivity contribution < 1.29 is 4.42 Å². The lowest BCUT2D eigenvalue weighted by molar-refractivity contribution is 0.560.